The topological polar surface area (TPSA) is 12.0 Å². The second-order valence-electron chi connectivity index (χ2n) is 4.80. The summed E-state index contributed by atoms with van der Waals surface area (Å²) in [4.78, 5) is 0. The van der Waals surface area contributed by atoms with Crippen molar-refractivity contribution in [2.24, 2.45) is 5.92 Å². The van der Waals surface area contributed by atoms with Gasteiger partial charge in [0, 0.05) is 5.54 Å². The first-order valence-electron chi connectivity index (χ1n) is 5.96. The monoisotopic (exact) mass is 183 g/mol. The molecule has 1 aliphatic heterocycles. The maximum absolute atomic E-state index is 3.77. The molecule has 0 bridgehead atoms. The Labute approximate surface area is 83.3 Å². The van der Waals surface area contributed by atoms with Gasteiger partial charge in [-0.2, -0.15) is 0 Å². The molecule has 0 aromatic heterocycles. The van der Waals surface area contributed by atoms with Crippen molar-refractivity contribution in [2.75, 3.05) is 6.54 Å². The summed E-state index contributed by atoms with van der Waals surface area (Å²) >= 11 is 0. The zero-order valence-corrected chi connectivity index (χ0v) is 9.53. The maximum atomic E-state index is 3.77. The Balaban J connectivity index is 2.51. The fourth-order valence-corrected chi connectivity index (χ4v) is 2.48. The summed E-state index contributed by atoms with van der Waals surface area (Å²) in [5, 5.41) is 3.77. The molecule has 13 heavy (non-hydrogen) atoms. The standard InChI is InChI=1S/C12H25N/c1-4-5-8-12(11(2)3)9-6-7-10-13-12/h11,13H,4-10H2,1-3H3. The van der Waals surface area contributed by atoms with Crippen molar-refractivity contribution in [3.8, 4) is 0 Å². The van der Waals surface area contributed by atoms with Crippen LogP contribution in [0.25, 0.3) is 0 Å². The Morgan fingerprint density at radius 3 is 2.54 bits per heavy atom. The van der Waals surface area contributed by atoms with Crippen molar-refractivity contribution in [3.05, 3.63) is 0 Å². The molecule has 1 rings (SSSR count). The van der Waals surface area contributed by atoms with Crippen LogP contribution in [0.4, 0.5) is 0 Å². The van der Waals surface area contributed by atoms with Gasteiger partial charge < -0.3 is 5.32 Å². The molecule has 1 atom stereocenters. The van der Waals surface area contributed by atoms with E-state index in [4.69, 9.17) is 0 Å². The molecule has 0 radical (unpaired) electrons. The predicted octanol–water partition coefficient (Wildman–Crippen LogP) is 3.34. The number of nitrogens with one attached hydrogen (secondary N) is 1. The highest BCUT2D eigenvalue weighted by Gasteiger charge is 2.33. The molecule has 0 amide bonds. The van der Waals surface area contributed by atoms with E-state index in [1.54, 1.807) is 0 Å². The van der Waals surface area contributed by atoms with Crippen LogP contribution >= 0.6 is 0 Å². The Morgan fingerprint density at radius 2 is 2.08 bits per heavy atom. The van der Waals surface area contributed by atoms with E-state index in [9.17, 15) is 0 Å². The molecule has 1 heteroatoms. The van der Waals surface area contributed by atoms with Crippen LogP contribution in [0.3, 0.4) is 0 Å². The van der Waals surface area contributed by atoms with Crippen molar-refractivity contribution in [1.29, 1.82) is 0 Å². The van der Waals surface area contributed by atoms with Gasteiger partial charge in [0.1, 0.15) is 0 Å². The Morgan fingerprint density at radius 1 is 1.31 bits per heavy atom. The van der Waals surface area contributed by atoms with Crippen molar-refractivity contribution in [3.63, 3.8) is 0 Å². The minimum Gasteiger partial charge on any atom is -0.311 e. The van der Waals surface area contributed by atoms with Crippen molar-refractivity contribution in [1.82, 2.24) is 5.32 Å². The molecule has 0 aliphatic carbocycles. The van der Waals surface area contributed by atoms with Gasteiger partial charge in [0.05, 0.1) is 0 Å². The third kappa shape index (κ3) is 2.70. The first kappa shape index (κ1) is 11.0. The summed E-state index contributed by atoms with van der Waals surface area (Å²) in [5.74, 6) is 0.791. The minimum absolute atomic E-state index is 0.480. The molecular formula is C12H25N. The molecular weight excluding hydrogens is 158 g/mol. The summed E-state index contributed by atoms with van der Waals surface area (Å²) < 4.78 is 0. The molecule has 1 N–H and O–H groups in total. The maximum Gasteiger partial charge on any atom is 0.0204 e. The number of rotatable bonds is 4. The average Bonchev–Trinajstić information content (AvgIpc) is 2.16. The minimum atomic E-state index is 0.480. The molecule has 0 spiro atoms. The molecule has 1 unspecified atom stereocenters. The van der Waals surface area contributed by atoms with Gasteiger partial charge in [-0.05, 0) is 31.7 Å². The lowest BCUT2D eigenvalue weighted by Crippen LogP contribution is -2.52. The first-order valence-corrected chi connectivity index (χ1v) is 5.96. The largest absolute Gasteiger partial charge is 0.311 e. The van der Waals surface area contributed by atoms with Crippen LogP contribution in [0.15, 0.2) is 0 Å². The second kappa shape index (κ2) is 4.99. The van der Waals surface area contributed by atoms with Gasteiger partial charge in [0.15, 0.2) is 0 Å². The molecule has 78 valence electrons. The lowest BCUT2D eigenvalue weighted by molar-refractivity contribution is 0.166. The van der Waals surface area contributed by atoms with E-state index < -0.39 is 0 Å². The molecule has 0 aromatic rings. The second-order valence-corrected chi connectivity index (χ2v) is 4.80. The first-order chi connectivity index (χ1) is 6.21. The molecule has 1 aliphatic rings. The molecule has 1 fully saturated rings. The van der Waals surface area contributed by atoms with E-state index in [0.717, 1.165) is 5.92 Å². The van der Waals surface area contributed by atoms with Gasteiger partial charge in [0.25, 0.3) is 0 Å². The summed E-state index contributed by atoms with van der Waals surface area (Å²) in [5.41, 5.74) is 0.480. The zero-order chi connectivity index (χ0) is 9.73. The van der Waals surface area contributed by atoms with E-state index >= 15 is 0 Å². The van der Waals surface area contributed by atoms with Gasteiger partial charge in [-0.3, -0.25) is 0 Å². The van der Waals surface area contributed by atoms with Crippen LogP contribution in [-0.4, -0.2) is 12.1 Å². The Bertz CT molecular complexity index is 134. The molecule has 0 saturated carbocycles. The number of hydrogen-bond acceptors (Lipinski definition) is 1. The predicted molar refractivity (Wildman–Crippen MR) is 58.9 cm³/mol. The van der Waals surface area contributed by atoms with Crippen molar-refractivity contribution < 1.29 is 0 Å². The van der Waals surface area contributed by atoms with Gasteiger partial charge in [-0.25, -0.2) is 0 Å². The van der Waals surface area contributed by atoms with Crippen LogP contribution in [0, 0.1) is 5.92 Å². The molecule has 1 nitrogen and oxygen atoms in total. The van der Waals surface area contributed by atoms with Crippen molar-refractivity contribution >= 4 is 0 Å². The zero-order valence-electron chi connectivity index (χ0n) is 9.53. The smallest absolute Gasteiger partial charge is 0.0204 e. The van der Waals surface area contributed by atoms with E-state index in [1.807, 2.05) is 0 Å². The van der Waals surface area contributed by atoms with Crippen LogP contribution in [-0.2, 0) is 0 Å². The van der Waals surface area contributed by atoms with Crippen molar-refractivity contribution in [2.45, 2.75) is 64.8 Å². The fraction of sp³-hybridized carbons (Fsp3) is 1.00. The SMILES string of the molecule is CCCCC1(C(C)C)CCCCN1. The molecule has 1 heterocycles. The van der Waals surface area contributed by atoms with Crippen LogP contribution < -0.4 is 5.32 Å². The Hall–Kier alpha value is -0.0400. The lowest BCUT2D eigenvalue weighted by atomic mass is 9.76. The third-order valence-electron chi connectivity index (χ3n) is 3.61. The fourth-order valence-electron chi connectivity index (χ4n) is 2.48. The van der Waals surface area contributed by atoms with Gasteiger partial charge in [-0.1, -0.05) is 40.0 Å². The van der Waals surface area contributed by atoms with Gasteiger partial charge >= 0.3 is 0 Å². The van der Waals surface area contributed by atoms with E-state index in [-0.39, 0.29) is 0 Å². The Kier molecular flexibility index (Phi) is 4.24. The van der Waals surface area contributed by atoms with E-state index in [1.165, 1.54) is 45.1 Å². The van der Waals surface area contributed by atoms with E-state index in [2.05, 4.69) is 26.1 Å². The average molecular weight is 183 g/mol. The van der Waals surface area contributed by atoms with Gasteiger partial charge in [-0.15, -0.1) is 0 Å². The summed E-state index contributed by atoms with van der Waals surface area (Å²) in [7, 11) is 0. The third-order valence-corrected chi connectivity index (χ3v) is 3.61. The van der Waals surface area contributed by atoms with Crippen LogP contribution in [0.5, 0.6) is 0 Å². The highest BCUT2D eigenvalue weighted by Crippen LogP contribution is 2.31. The molecule has 0 aromatic carbocycles. The normalized spacial score (nSPS) is 29.5. The number of hydrogen-bond donors (Lipinski definition) is 1. The van der Waals surface area contributed by atoms with E-state index in [0.29, 0.717) is 5.54 Å². The number of piperidine rings is 1. The molecule has 1 saturated heterocycles. The van der Waals surface area contributed by atoms with Gasteiger partial charge in [0.2, 0.25) is 0 Å². The van der Waals surface area contributed by atoms with Crippen LogP contribution in [0.2, 0.25) is 0 Å². The summed E-state index contributed by atoms with van der Waals surface area (Å²) in [6.07, 6.45) is 8.28. The highest BCUT2D eigenvalue weighted by atomic mass is 15.0. The number of unbranched alkanes of at least 4 members (excludes halogenated alkanes) is 1. The van der Waals surface area contributed by atoms with Crippen LogP contribution in [0.1, 0.15) is 59.3 Å². The summed E-state index contributed by atoms with van der Waals surface area (Å²) in [6, 6.07) is 0. The lowest BCUT2D eigenvalue weighted by Gasteiger charge is -2.42. The highest BCUT2D eigenvalue weighted by molar-refractivity contribution is 4.93. The quantitative estimate of drug-likeness (QED) is 0.705. The summed E-state index contributed by atoms with van der Waals surface area (Å²) in [6.45, 7) is 8.26.